The van der Waals surface area contributed by atoms with Gasteiger partial charge in [0.05, 0.1) is 5.69 Å². The first kappa shape index (κ1) is 14.1. The van der Waals surface area contributed by atoms with Crippen molar-refractivity contribution in [3.05, 3.63) is 53.2 Å². The SMILES string of the molecule is O=C(c1ccc(Cl)o1)N1CCN(Cc2ccccn2)CC1. The second-order valence-electron chi connectivity index (χ2n) is 4.99. The van der Waals surface area contributed by atoms with E-state index < -0.39 is 0 Å². The molecule has 0 unspecified atom stereocenters. The summed E-state index contributed by atoms with van der Waals surface area (Å²) in [6, 6.07) is 9.12. The molecule has 2 aromatic rings. The van der Waals surface area contributed by atoms with Crippen molar-refractivity contribution in [2.75, 3.05) is 26.2 Å². The van der Waals surface area contributed by atoms with Crippen LogP contribution < -0.4 is 0 Å². The normalized spacial score (nSPS) is 16.1. The van der Waals surface area contributed by atoms with Crippen LogP contribution in [0.5, 0.6) is 0 Å². The van der Waals surface area contributed by atoms with E-state index in [0.29, 0.717) is 18.8 Å². The summed E-state index contributed by atoms with van der Waals surface area (Å²) >= 11 is 5.70. The summed E-state index contributed by atoms with van der Waals surface area (Å²) in [7, 11) is 0. The van der Waals surface area contributed by atoms with Crippen molar-refractivity contribution in [1.29, 1.82) is 0 Å². The average Bonchev–Trinajstić information content (AvgIpc) is 2.95. The van der Waals surface area contributed by atoms with Gasteiger partial charge in [-0.25, -0.2) is 0 Å². The topological polar surface area (TPSA) is 49.6 Å². The lowest BCUT2D eigenvalue weighted by Gasteiger charge is -2.34. The van der Waals surface area contributed by atoms with Gasteiger partial charge in [-0.2, -0.15) is 0 Å². The molecule has 2 aromatic heterocycles. The fraction of sp³-hybridized carbons (Fsp3) is 0.333. The van der Waals surface area contributed by atoms with Crippen molar-refractivity contribution < 1.29 is 9.21 Å². The van der Waals surface area contributed by atoms with Gasteiger partial charge in [0.2, 0.25) is 0 Å². The summed E-state index contributed by atoms with van der Waals surface area (Å²) < 4.78 is 5.17. The summed E-state index contributed by atoms with van der Waals surface area (Å²) in [5, 5.41) is 0.243. The number of furan rings is 1. The van der Waals surface area contributed by atoms with E-state index in [1.807, 2.05) is 18.2 Å². The van der Waals surface area contributed by atoms with E-state index in [4.69, 9.17) is 16.0 Å². The minimum Gasteiger partial charge on any atom is -0.440 e. The van der Waals surface area contributed by atoms with Gasteiger partial charge in [0.1, 0.15) is 0 Å². The number of carbonyl (C=O) groups is 1. The highest BCUT2D eigenvalue weighted by molar-refractivity contribution is 6.29. The Morgan fingerprint density at radius 2 is 2.00 bits per heavy atom. The molecule has 0 aliphatic carbocycles. The zero-order valence-corrected chi connectivity index (χ0v) is 12.3. The molecule has 1 amide bonds. The van der Waals surface area contributed by atoms with Crippen LogP contribution in [0, 0.1) is 0 Å². The van der Waals surface area contributed by atoms with Gasteiger partial charge in [-0.1, -0.05) is 6.07 Å². The van der Waals surface area contributed by atoms with Crippen LogP contribution in [0.2, 0.25) is 5.22 Å². The lowest BCUT2D eigenvalue weighted by molar-refractivity contribution is 0.0596. The van der Waals surface area contributed by atoms with Gasteiger partial charge in [0.15, 0.2) is 11.0 Å². The van der Waals surface area contributed by atoms with Gasteiger partial charge in [0.25, 0.3) is 5.91 Å². The van der Waals surface area contributed by atoms with Crippen LogP contribution in [0.15, 0.2) is 40.9 Å². The van der Waals surface area contributed by atoms with Gasteiger partial charge in [-0.3, -0.25) is 14.7 Å². The molecule has 0 saturated carbocycles. The number of rotatable bonds is 3. The molecule has 3 rings (SSSR count). The Balaban J connectivity index is 1.54. The predicted octanol–water partition coefficient (Wildman–Crippen LogP) is 2.29. The lowest BCUT2D eigenvalue weighted by atomic mass is 10.2. The first-order chi connectivity index (χ1) is 10.2. The average molecular weight is 306 g/mol. The van der Waals surface area contributed by atoms with Crippen molar-refractivity contribution in [3.63, 3.8) is 0 Å². The molecule has 110 valence electrons. The largest absolute Gasteiger partial charge is 0.440 e. The number of halogens is 1. The summed E-state index contributed by atoms with van der Waals surface area (Å²) in [4.78, 5) is 20.6. The molecule has 1 aliphatic rings. The van der Waals surface area contributed by atoms with E-state index in [0.717, 1.165) is 25.3 Å². The van der Waals surface area contributed by atoms with Crippen LogP contribution in [0.25, 0.3) is 0 Å². The molecule has 5 nitrogen and oxygen atoms in total. The summed E-state index contributed by atoms with van der Waals surface area (Å²) in [5.74, 6) is 0.206. The van der Waals surface area contributed by atoms with Crippen molar-refractivity contribution in [1.82, 2.24) is 14.8 Å². The Morgan fingerprint density at radius 1 is 1.19 bits per heavy atom. The maximum absolute atomic E-state index is 12.2. The van der Waals surface area contributed by atoms with Crippen molar-refractivity contribution in [3.8, 4) is 0 Å². The highest BCUT2D eigenvalue weighted by atomic mass is 35.5. The van der Waals surface area contributed by atoms with Crippen LogP contribution in [-0.2, 0) is 6.54 Å². The minimum absolute atomic E-state index is 0.0978. The highest BCUT2D eigenvalue weighted by Crippen LogP contribution is 2.16. The molecule has 0 N–H and O–H groups in total. The van der Waals surface area contributed by atoms with E-state index in [9.17, 15) is 4.79 Å². The number of piperazine rings is 1. The van der Waals surface area contributed by atoms with Crippen LogP contribution in [0.1, 0.15) is 16.2 Å². The molecule has 0 atom stereocenters. The monoisotopic (exact) mass is 305 g/mol. The van der Waals surface area contributed by atoms with Gasteiger partial charge < -0.3 is 9.32 Å². The van der Waals surface area contributed by atoms with E-state index in [1.54, 1.807) is 23.2 Å². The van der Waals surface area contributed by atoms with Crippen molar-refractivity contribution in [2.45, 2.75) is 6.54 Å². The van der Waals surface area contributed by atoms with Gasteiger partial charge in [-0.05, 0) is 35.9 Å². The number of aromatic nitrogens is 1. The predicted molar refractivity (Wildman–Crippen MR) is 79.1 cm³/mol. The number of amides is 1. The standard InChI is InChI=1S/C15H16ClN3O2/c16-14-5-4-13(21-14)15(20)19-9-7-18(8-10-19)11-12-3-1-2-6-17-12/h1-6H,7-11H2. The Bertz CT molecular complexity index is 606. The van der Waals surface area contributed by atoms with Gasteiger partial charge in [0, 0.05) is 38.9 Å². The Hall–Kier alpha value is -1.85. The number of pyridine rings is 1. The van der Waals surface area contributed by atoms with E-state index in [-0.39, 0.29) is 11.1 Å². The van der Waals surface area contributed by atoms with E-state index >= 15 is 0 Å². The fourth-order valence-corrected chi connectivity index (χ4v) is 2.56. The van der Waals surface area contributed by atoms with Crippen LogP contribution in [-0.4, -0.2) is 46.9 Å². The number of carbonyl (C=O) groups excluding carboxylic acids is 1. The van der Waals surface area contributed by atoms with Crippen molar-refractivity contribution >= 4 is 17.5 Å². The molecule has 3 heterocycles. The Labute approximate surface area is 128 Å². The molecule has 1 saturated heterocycles. The second-order valence-corrected chi connectivity index (χ2v) is 5.37. The number of hydrogen-bond donors (Lipinski definition) is 0. The van der Waals surface area contributed by atoms with Crippen LogP contribution in [0.4, 0.5) is 0 Å². The van der Waals surface area contributed by atoms with Crippen LogP contribution in [0.3, 0.4) is 0 Å². The van der Waals surface area contributed by atoms with Gasteiger partial charge >= 0.3 is 0 Å². The smallest absolute Gasteiger partial charge is 0.289 e. The zero-order chi connectivity index (χ0) is 14.7. The molecule has 0 radical (unpaired) electrons. The second kappa shape index (κ2) is 6.28. The molecule has 6 heteroatoms. The third kappa shape index (κ3) is 3.43. The Morgan fingerprint density at radius 3 is 2.62 bits per heavy atom. The lowest BCUT2D eigenvalue weighted by Crippen LogP contribution is -2.48. The molecule has 1 fully saturated rings. The molecular weight excluding hydrogens is 290 g/mol. The molecule has 1 aliphatic heterocycles. The summed E-state index contributed by atoms with van der Waals surface area (Å²) in [5.41, 5.74) is 1.05. The third-order valence-electron chi connectivity index (χ3n) is 3.56. The van der Waals surface area contributed by atoms with Crippen molar-refractivity contribution in [2.24, 2.45) is 0 Å². The number of hydrogen-bond acceptors (Lipinski definition) is 4. The molecule has 21 heavy (non-hydrogen) atoms. The molecule has 0 aromatic carbocycles. The first-order valence-electron chi connectivity index (χ1n) is 6.89. The zero-order valence-electron chi connectivity index (χ0n) is 11.5. The van der Waals surface area contributed by atoms with Crippen LogP contribution >= 0.6 is 11.6 Å². The molecule has 0 spiro atoms. The maximum Gasteiger partial charge on any atom is 0.289 e. The molecule has 0 bridgehead atoms. The van der Waals surface area contributed by atoms with Gasteiger partial charge in [-0.15, -0.1) is 0 Å². The Kier molecular flexibility index (Phi) is 4.22. The maximum atomic E-state index is 12.2. The first-order valence-corrected chi connectivity index (χ1v) is 7.27. The third-order valence-corrected chi connectivity index (χ3v) is 3.76. The minimum atomic E-state index is -0.0978. The molecular formula is C15H16ClN3O2. The summed E-state index contributed by atoms with van der Waals surface area (Å²) in [6.07, 6.45) is 1.80. The summed E-state index contributed by atoms with van der Waals surface area (Å²) in [6.45, 7) is 3.84. The fourth-order valence-electron chi connectivity index (χ4n) is 2.41. The number of nitrogens with zero attached hydrogens (tertiary/aromatic N) is 3. The highest BCUT2D eigenvalue weighted by Gasteiger charge is 2.24. The van der Waals surface area contributed by atoms with E-state index in [1.165, 1.54) is 0 Å². The van der Waals surface area contributed by atoms with E-state index in [2.05, 4.69) is 9.88 Å². The quantitative estimate of drug-likeness (QED) is 0.873.